The fourth-order valence-corrected chi connectivity index (χ4v) is 4.84. The molecule has 1 aliphatic heterocycles. The lowest BCUT2D eigenvalue weighted by atomic mass is 10.2. The number of nitro benzene ring substituents is 1. The molecule has 0 atom stereocenters. The number of nitrogens with zero attached hydrogens (tertiary/aromatic N) is 4. The first-order valence-corrected chi connectivity index (χ1v) is 10.8. The number of aromatic nitrogens is 2. The zero-order valence-electron chi connectivity index (χ0n) is 15.9. The summed E-state index contributed by atoms with van der Waals surface area (Å²) in [5, 5.41) is 18.7. The minimum atomic E-state index is -3.73. The van der Waals surface area contributed by atoms with Crippen LogP contribution in [-0.2, 0) is 16.6 Å². The molecule has 0 spiro atoms. The molecule has 1 fully saturated rings. The van der Waals surface area contributed by atoms with Crippen LogP contribution in [-0.4, -0.2) is 47.1 Å². The van der Waals surface area contributed by atoms with Crippen LogP contribution in [0, 0.1) is 17.0 Å². The fraction of sp³-hybridized carbons (Fsp3) is 0.500. The van der Waals surface area contributed by atoms with Crippen molar-refractivity contribution in [2.45, 2.75) is 44.0 Å². The van der Waals surface area contributed by atoms with E-state index in [0.717, 1.165) is 37.3 Å². The Balaban J connectivity index is 1.77. The van der Waals surface area contributed by atoms with Crippen molar-refractivity contribution in [3.8, 4) is 0 Å². The summed E-state index contributed by atoms with van der Waals surface area (Å²) in [7, 11) is -3.73. The summed E-state index contributed by atoms with van der Waals surface area (Å²) in [5.41, 5.74) is 1.09. The van der Waals surface area contributed by atoms with Crippen LogP contribution >= 0.6 is 0 Å². The van der Waals surface area contributed by atoms with Crippen molar-refractivity contribution in [1.82, 2.24) is 14.1 Å². The van der Waals surface area contributed by atoms with Crippen LogP contribution in [0.5, 0.6) is 0 Å². The lowest BCUT2D eigenvalue weighted by Gasteiger charge is -2.20. The molecule has 1 aromatic heterocycles. The molecule has 2 heterocycles. The lowest BCUT2D eigenvalue weighted by Crippen LogP contribution is -2.32. The largest absolute Gasteiger partial charge is 0.378 e. The highest BCUT2D eigenvalue weighted by molar-refractivity contribution is 7.89. The summed E-state index contributed by atoms with van der Waals surface area (Å²) in [4.78, 5) is 10.9. The summed E-state index contributed by atoms with van der Waals surface area (Å²) < 4.78 is 29.0. The Hall–Kier alpha value is -2.46. The van der Waals surface area contributed by atoms with E-state index in [1.54, 1.807) is 10.9 Å². The number of aryl methyl sites for hydroxylation is 1. The van der Waals surface area contributed by atoms with Gasteiger partial charge in [0.2, 0.25) is 10.0 Å². The van der Waals surface area contributed by atoms with E-state index >= 15 is 0 Å². The molecule has 0 amide bonds. The highest BCUT2D eigenvalue weighted by Crippen LogP contribution is 2.29. The fourth-order valence-electron chi connectivity index (χ4n) is 3.30. The van der Waals surface area contributed by atoms with Crippen molar-refractivity contribution in [2.75, 3.05) is 25.0 Å². The third kappa shape index (κ3) is 4.68. The molecule has 1 saturated heterocycles. The summed E-state index contributed by atoms with van der Waals surface area (Å²) >= 11 is 0. The average molecular weight is 407 g/mol. The van der Waals surface area contributed by atoms with E-state index in [4.69, 9.17) is 0 Å². The maximum absolute atomic E-state index is 12.9. The highest BCUT2D eigenvalue weighted by Gasteiger charge is 2.28. The molecule has 2 aromatic rings. The average Bonchev–Trinajstić information content (AvgIpc) is 2.90. The molecule has 1 aliphatic rings. The van der Waals surface area contributed by atoms with Crippen molar-refractivity contribution in [1.29, 1.82) is 0 Å². The van der Waals surface area contributed by atoms with E-state index in [2.05, 4.69) is 10.4 Å². The van der Waals surface area contributed by atoms with E-state index < -0.39 is 14.9 Å². The van der Waals surface area contributed by atoms with Gasteiger partial charge in [-0.05, 0) is 37.5 Å². The van der Waals surface area contributed by atoms with Crippen molar-refractivity contribution < 1.29 is 13.3 Å². The summed E-state index contributed by atoms with van der Waals surface area (Å²) in [6.45, 7) is 3.82. The standard InChI is InChI=1S/C18H25N5O4S/c1-15-13-20-21(14-15)11-8-19-17-7-6-16(12-18(17)23(24)25)28(26,27)22-9-4-2-3-5-10-22/h6-7,12-14,19H,2-5,8-11H2,1H3. The summed E-state index contributed by atoms with van der Waals surface area (Å²) in [5.74, 6) is 0. The molecule has 28 heavy (non-hydrogen) atoms. The Morgan fingerprint density at radius 1 is 1.21 bits per heavy atom. The van der Waals surface area contributed by atoms with Crippen molar-refractivity contribution in [3.05, 3.63) is 46.3 Å². The van der Waals surface area contributed by atoms with Crippen LogP contribution in [0.2, 0.25) is 0 Å². The van der Waals surface area contributed by atoms with Gasteiger partial charge in [-0.1, -0.05) is 12.8 Å². The Kier molecular flexibility index (Phi) is 6.30. The Bertz CT molecular complexity index is 933. The van der Waals surface area contributed by atoms with E-state index in [0.29, 0.717) is 31.9 Å². The van der Waals surface area contributed by atoms with Crippen molar-refractivity contribution in [3.63, 3.8) is 0 Å². The highest BCUT2D eigenvalue weighted by atomic mass is 32.2. The maximum atomic E-state index is 12.9. The summed E-state index contributed by atoms with van der Waals surface area (Å²) in [6.07, 6.45) is 7.26. The van der Waals surface area contributed by atoms with Crippen LogP contribution in [0.15, 0.2) is 35.5 Å². The van der Waals surface area contributed by atoms with Gasteiger partial charge in [-0.3, -0.25) is 14.8 Å². The van der Waals surface area contributed by atoms with Gasteiger partial charge in [0.25, 0.3) is 5.69 Å². The number of nitro groups is 1. The Labute approximate surface area is 164 Å². The molecule has 0 aliphatic carbocycles. The third-order valence-electron chi connectivity index (χ3n) is 4.79. The monoisotopic (exact) mass is 407 g/mol. The minimum absolute atomic E-state index is 0.0330. The molecule has 0 saturated carbocycles. The van der Waals surface area contributed by atoms with E-state index in [1.807, 2.05) is 13.1 Å². The second-order valence-electron chi connectivity index (χ2n) is 6.96. The third-order valence-corrected chi connectivity index (χ3v) is 6.68. The number of nitrogens with one attached hydrogen (secondary N) is 1. The van der Waals surface area contributed by atoms with Gasteiger partial charge in [0.05, 0.1) is 22.6 Å². The van der Waals surface area contributed by atoms with E-state index in [1.165, 1.54) is 16.4 Å². The Morgan fingerprint density at radius 3 is 2.54 bits per heavy atom. The van der Waals surface area contributed by atoms with Gasteiger partial charge in [0.1, 0.15) is 5.69 Å². The minimum Gasteiger partial charge on any atom is -0.378 e. The van der Waals surface area contributed by atoms with Crippen molar-refractivity contribution in [2.24, 2.45) is 0 Å². The van der Waals surface area contributed by atoms with Gasteiger partial charge in [-0.15, -0.1) is 0 Å². The number of rotatable bonds is 7. The van der Waals surface area contributed by atoms with Crippen LogP contribution < -0.4 is 5.32 Å². The van der Waals surface area contributed by atoms with E-state index in [-0.39, 0.29) is 10.6 Å². The van der Waals surface area contributed by atoms with Gasteiger partial charge in [-0.25, -0.2) is 8.42 Å². The first-order chi connectivity index (χ1) is 13.4. The number of sulfonamides is 1. The molecule has 152 valence electrons. The van der Waals surface area contributed by atoms with Gasteiger partial charge < -0.3 is 5.32 Å². The molecule has 1 N–H and O–H groups in total. The number of anilines is 1. The predicted octanol–water partition coefficient (Wildman–Crippen LogP) is 2.78. The SMILES string of the molecule is Cc1cnn(CCNc2ccc(S(=O)(=O)N3CCCCCC3)cc2[N+](=O)[O-])c1. The van der Waals surface area contributed by atoms with Crippen LogP contribution in [0.1, 0.15) is 31.2 Å². The van der Waals surface area contributed by atoms with Gasteiger partial charge >= 0.3 is 0 Å². The predicted molar refractivity (Wildman–Crippen MR) is 106 cm³/mol. The molecular formula is C18H25N5O4S. The number of benzene rings is 1. The molecule has 9 nitrogen and oxygen atoms in total. The van der Waals surface area contributed by atoms with Crippen LogP contribution in [0.4, 0.5) is 11.4 Å². The van der Waals surface area contributed by atoms with E-state index in [9.17, 15) is 18.5 Å². The van der Waals surface area contributed by atoms with Gasteiger partial charge in [0.15, 0.2) is 0 Å². The summed E-state index contributed by atoms with van der Waals surface area (Å²) in [6, 6.07) is 4.06. The molecule has 0 radical (unpaired) electrons. The van der Waals surface area contributed by atoms with Crippen LogP contribution in [0.25, 0.3) is 0 Å². The number of hydrogen-bond donors (Lipinski definition) is 1. The second-order valence-corrected chi connectivity index (χ2v) is 8.90. The smallest absolute Gasteiger partial charge is 0.293 e. The first-order valence-electron chi connectivity index (χ1n) is 9.39. The molecule has 0 bridgehead atoms. The van der Waals surface area contributed by atoms with Gasteiger partial charge in [0, 0.05) is 31.9 Å². The van der Waals surface area contributed by atoms with Crippen molar-refractivity contribution >= 4 is 21.4 Å². The zero-order valence-corrected chi connectivity index (χ0v) is 16.7. The number of hydrogen-bond acceptors (Lipinski definition) is 6. The molecular weight excluding hydrogens is 382 g/mol. The second kappa shape index (κ2) is 8.70. The molecule has 0 unspecified atom stereocenters. The molecule has 10 heteroatoms. The maximum Gasteiger partial charge on any atom is 0.293 e. The first kappa shape index (κ1) is 20.3. The zero-order chi connectivity index (χ0) is 20.1. The normalized spacial score (nSPS) is 15.9. The lowest BCUT2D eigenvalue weighted by molar-refractivity contribution is -0.384. The van der Waals surface area contributed by atoms with Gasteiger partial charge in [-0.2, -0.15) is 9.40 Å². The molecule has 3 rings (SSSR count). The quantitative estimate of drug-likeness (QED) is 0.558. The van der Waals surface area contributed by atoms with Crippen LogP contribution in [0.3, 0.4) is 0 Å². The Morgan fingerprint density at radius 2 is 1.93 bits per heavy atom. The topological polar surface area (TPSA) is 110 Å². The molecule has 1 aromatic carbocycles.